The van der Waals surface area contributed by atoms with Gasteiger partial charge in [0.15, 0.2) is 0 Å². The maximum atomic E-state index is 5.69. The number of fused-ring (bicyclic) bond motifs is 5. The minimum atomic E-state index is 0.626. The van der Waals surface area contributed by atoms with Crippen LogP contribution in [-0.4, -0.2) is 19.1 Å². The van der Waals surface area contributed by atoms with Crippen LogP contribution in [0.25, 0.3) is 0 Å². The lowest BCUT2D eigenvalue weighted by Gasteiger charge is -2.61. The van der Waals surface area contributed by atoms with Crippen molar-refractivity contribution in [1.29, 1.82) is 0 Å². The molecule has 0 heterocycles. The van der Waals surface area contributed by atoms with E-state index in [0.717, 1.165) is 54.0 Å². The Balaban J connectivity index is 1.36. The van der Waals surface area contributed by atoms with Gasteiger partial charge < -0.3 is 11.1 Å². The summed E-state index contributed by atoms with van der Waals surface area (Å²) in [6, 6.07) is 0.772. The number of nitrogens with one attached hydrogen (secondary N) is 1. The summed E-state index contributed by atoms with van der Waals surface area (Å²) < 4.78 is 0. The van der Waals surface area contributed by atoms with Gasteiger partial charge in [-0.05, 0) is 136 Å². The van der Waals surface area contributed by atoms with Gasteiger partial charge in [0.1, 0.15) is 0 Å². The van der Waals surface area contributed by atoms with Crippen molar-refractivity contribution in [2.24, 2.45) is 58.0 Å². The SMILES string of the molecule is CC(C)CCCC(C)[C@H]1CCC2C3CC[C@H]4C[C@H](NCCCCN)CC[C@]4(C)C3CC[C@@]21C. The minimum absolute atomic E-state index is 0.626. The first kappa shape index (κ1) is 26.0. The molecule has 0 bridgehead atoms. The van der Waals surface area contributed by atoms with Crippen LogP contribution in [0.2, 0.25) is 0 Å². The molecule has 0 aromatic rings. The van der Waals surface area contributed by atoms with Gasteiger partial charge in [0, 0.05) is 6.04 Å². The fourth-order valence-electron chi connectivity index (χ4n) is 10.0. The van der Waals surface area contributed by atoms with Crippen LogP contribution in [0.4, 0.5) is 0 Å². The molecule has 4 rings (SSSR count). The van der Waals surface area contributed by atoms with Crippen molar-refractivity contribution in [1.82, 2.24) is 5.32 Å². The second-order valence-corrected chi connectivity index (χ2v) is 14.1. The highest BCUT2D eigenvalue weighted by atomic mass is 14.9. The van der Waals surface area contributed by atoms with E-state index in [0.29, 0.717) is 10.8 Å². The van der Waals surface area contributed by atoms with Crippen LogP contribution in [-0.2, 0) is 0 Å². The van der Waals surface area contributed by atoms with E-state index in [-0.39, 0.29) is 0 Å². The molecule has 9 atom stereocenters. The third-order valence-corrected chi connectivity index (χ3v) is 11.9. The Labute approximate surface area is 207 Å². The molecule has 33 heavy (non-hydrogen) atoms. The maximum Gasteiger partial charge on any atom is 0.00701 e. The molecular weight excluding hydrogens is 400 g/mol. The lowest BCUT2D eigenvalue weighted by atomic mass is 9.44. The summed E-state index contributed by atoms with van der Waals surface area (Å²) in [5, 5.41) is 3.91. The molecule has 3 N–H and O–H groups in total. The topological polar surface area (TPSA) is 38.0 Å². The molecule has 4 aliphatic carbocycles. The van der Waals surface area contributed by atoms with Gasteiger partial charge in [-0.1, -0.05) is 53.9 Å². The number of hydrogen-bond acceptors (Lipinski definition) is 2. The van der Waals surface area contributed by atoms with Crippen molar-refractivity contribution in [3.8, 4) is 0 Å². The average Bonchev–Trinajstić information content (AvgIpc) is 3.14. The zero-order valence-electron chi connectivity index (χ0n) is 23.0. The standard InChI is InChI=1S/C31H58N2/c1-22(2)9-8-10-23(3)27-13-14-28-26-12-11-24-21-25(33-20-7-6-19-32)15-17-30(24,4)29(26)16-18-31(27,28)5/h22-29,33H,6-21,32H2,1-5H3/t23?,24-,25+,26?,27+,28?,29?,30-,31+/m0/s1. The minimum Gasteiger partial charge on any atom is -0.330 e. The van der Waals surface area contributed by atoms with Crippen molar-refractivity contribution in [3.63, 3.8) is 0 Å². The summed E-state index contributed by atoms with van der Waals surface area (Å²) in [4.78, 5) is 0. The van der Waals surface area contributed by atoms with Gasteiger partial charge >= 0.3 is 0 Å². The molecule has 0 aromatic carbocycles. The molecule has 4 aliphatic rings. The van der Waals surface area contributed by atoms with Gasteiger partial charge in [0.25, 0.3) is 0 Å². The highest BCUT2D eigenvalue weighted by Gasteiger charge is 2.60. The fourth-order valence-corrected chi connectivity index (χ4v) is 10.0. The van der Waals surface area contributed by atoms with Crippen LogP contribution in [0.15, 0.2) is 0 Å². The summed E-state index contributed by atoms with van der Waals surface area (Å²) in [5.41, 5.74) is 6.96. The fraction of sp³-hybridized carbons (Fsp3) is 1.00. The van der Waals surface area contributed by atoms with Crippen molar-refractivity contribution in [2.45, 2.75) is 131 Å². The molecule has 2 nitrogen and oxygen atoms in total. The van der Waals surface area contributed by atoms with Crippen LogP contribution < -0.4 is 11.1 Å². The molecule has 0 amide bonds. The van der Waals surface area contributed by atoms with E-state index in [1.165, 1.54) is 83.6 Å². The monoisotopic (exact) mass is 458 g/mol. The molecule has 0 spiro atoms. The van der Waals surface area contributed by atoms with E-state index in [4.69, 9.17) is 5.73 Å². The summed E-state index contributed by atoms with van der Waals surface area (Å²) in [6.07, 6.45) is 20.3. The Hall–Kier alpha value is -0.0800. The Morgan fingerprint density at radius 2 is 1.58 bits per heavy atom. The normalized spacial score (nSPS) is 43.7. The Morgan fingerprint density at radius 1 is 0.818 bits per heavy atom. The van der Waals surface area contributed by atoms with Crippen molar-refractivity contribution < 1.29 is 0 Å². The number of unbranched alkanes of at least 4 members (excludes halogenated alkanes) is 1. The van der Waals surface area contributed by atoms with Crippen molar-refractivity contribution >= 4 is 0 Å². The molecule has 4 saturated carbocycles. The van der Waals surface area contributed by atoms with Gasteiger partial charge in [0.2, 0.25) is 0 Å². The smallest absolute Gasteiger partial charge is 0.00701 e. The van der Waals surface area contributed by atoms with E-state index in [9.17, 15) is 0 Å². The summed E-state index contributed by atoms with van der Waals surface area (Å²) >= 11 is 0. The lowest BCUT2D eigenvalue weighted by Crippen LogP contribution is -2.55. The van der Waals surface area contributed by atoms with Gasteiger partial charge in [-0.2, -0.15) is 0 Å². The molecular formula is C31H58N2. The van der Waals surface area contributed by atoms with Gasteiger partial charge in [0.05, 0.1) is 0 Å². The first-order chi connectivity index (χ1) is 15.8. The summed E-state index contributed by atoms with van der Waals surface area (Å²) in [5.74, 6) is 6.84. The zero-order chi connectivity index (χ0) is 23.6. The highest BCUT2D eigenvalue weighted by Crippen LogP contribution is 2.68. The molecule has 0 saturated heterocycles. The second kappa shape index (κ2) is 10.9. The van der Waals surface area contributed by atoms with Crippen LogP contribution in [0.5, 0.6) is 0 Å². The maximum absolute atomic E-state index is 5.69. The van der Waals surface area contributed by atoms with Gasteiger partial charge in [-0.25, -0.2) is 0 Å². The third-order valence-electron chi connectivity index (χ3n) is 11.9. The van der Waals surface area contributed by atoms with Crippen LogP contribution in [0.1, 0.15) is 125 Å². The summed E-state index contributed by atoms with van der Waals surface area (Å²) in [7, 11) is 0. The molecule has 4 unspecified atom stereocenters. The van der Waals surface area contributed by atoms with E-state index in [1.54, 1.807) is 12.8 Å². The van der Waals surface area contributed by atoms with Crippen LogP contribution in [0, 0.1) is 52.3 Å². The van der Waals surface area contributed by atoms with Crippen LogP contribution >= 0.6 is 0 Å². The average molecular weight is 459 g/mol. The van der Waals surface area contributed by atoms with Crippen LogP contribution in [0.3, 0.4) is 0 Å². The third kappa shape index (κ3) is 5.23. The predicted octanol–water partition coefficient (Wildman–Crippen LogP) is 7.80. The zero-order valence-corrected chi connectivity index (χ0v) is 23.0. The van der Waals surface area contributed by atoms with Crippen molar-refractivity contribution in [2.75, 3.05) is 13.1 Å². The Kier molecular flexibility index (Phi) is 8.58. The molecule has 4 fully saturated rings. The number of nitrogens with two attached hydrogens (primary N) is 1. The van der Waals surface area contributed by atoms with E-state index < -0.39 is 0 Å². The lowest BCUT2D eigenvalue weighted by molar-refractivity contribution is -0.118. The Morgan fingerprint density at radius 3 is 2.33 bits per heavy atom. The predicted molar refractivity (Wildman–Crippen MR) is 143 cm³/mol. The molecule has 0 aromatic heterocycles. The molecule has 2 heteroatoms. The molecule has 0 radical (unpaired) electrons. The van der Waals surface area contributed by atoms with E-state index in [1.807, 2.05) is 0 Å². The van der Waals surface area contributed by atoms with E-state index >= 15 is 0 Å². The van der Waals surface area contributed by atoms with E-state index in [2.05, 4.69) is 39.9 Å². The van der Waals surface area contributed by atoms with Gasteiger partial charge in [-0.3, -0.25) is 0 Å². The first-order valence-corrected chi connectivity index (χ1v) is 15.2. The molecule has 192 valence electrons. The quantitative estimate of drug-likeness (QED) is 0.328. The van der Waals surface area contributed by atoms with Gasteiger partial charge in [-0.15, -0.1) is 0 Å². The summed E-state index contributed by atoms with van der Waals surface area (Å²) in [6.45, 7) is 14.9. The highest BCUT2D eigenvalue weighted by molar-refractivity contribution is 5.10. The number of hydrogen-bond donors (Lipinski definition) is 2. The Bertz CT molecular complexity index is 616. The largest absolute Gasteiger partial charge is 0.330 e. The first-order valence-electron chi connectivity index (χ1n) is 15.2. The van der Waals surface area contributed by atoms with Crippen molar-refractivity contribution in [3.05, 3.63) is 0 Å². The second-order valence-electron chi connectivity index (χ2n) is 14.1. The number of rotatable bonds is 10. The molecule has 0 aliphatic heterocycles.